The lowest BCUT2D eigenvalue weighted by atomic mass is 10.2. The minimum absolute atomic E-state index is 0.189. The van der Waals surface area contributed by atoms with Crippen molar-refractivity contribution in [1.82, 2.24) is 0 Å². The fourth-order valence-corrected chi connectivity index (χ4v) is 2.73. The van der Waals surface area contributed by atoms with Crippen LogP contribution < -0.4 is 5.73 Å². The first kappa shape index (κ1) is 12.4. The standard InChI is InChI=1S/C12H15BrClNO/c13-9-5-4-8(10(14)6-9)7-16-12-3-1-2-11(12)15/h4-6,11-12H,1-3,7,15H2. The van der Waals surface area contributed by atoms with Crippen molar-refractivity contribution in [3.63, 3.8) is 0 Å². The van der Waals surface area contributed by atoms with E-state index in [1.54, 1.807) is 0 Å². The van der Waals surface area contributed by atoms with Crippen molar-refractivity contribution < 1.29 is 4.74 Å². The Labute approximate surface area is 109 Å². The number of ether oxygens (including phenoxy) is 1. The highest BCUT2D eigenvalue weighted by Gasteiger charge is 2.24. The van der Waals surface area contributed by atoms with Crippen LogP contribution in [0.4, 0.5) is 0 Å². The fourth-order valence-electron chi connectivity index (χ4n) is 2.00. The van der Waals surface area contributed by atoms with Crippen LogP contribution in [0.2, 0.25) is 5.02 Å². The molecule has 2 nitrogen and oxygen atoms in total. The van der Waals surface area contributed by atoms with E-state index in [1.807, 2.05) is 18.2 Å². The zero-order valence-electron chi connectivity index (χ0n) is 8.96. The molecule has 0 bridgehead atoms. The Kier molecular flexibility index (Phi) is 4.25. The summed E-state index contributed by atoms with van der Waals surface area (Å²) in [5.41, 5.74) is 6.96. The molecule has 2 rings (SSSR count). The average molecular weight is 305 g/mol. The molecule has 2 N–H and O–H groups in total. The molecule has 0 aliphatic heterocycles. The molecule has 1 aliphatic carbocycles. The molecule has 2 atom stereocenters. The molecule has 88 valence electrons. The second kappa shape index (κ2) is 5.50. The van der Waals surface area contributed by atoms with E-state index in [-0.39, 0.29) is 12.1 Å². The number of nitrogens with two attached hydrogens (primary N) is 1. The summed E-state index contributed by atoms with van der Waals surface area (Å²) in [5, 5.41) is 0.737. The van der Waals surface area contributed by atoms with E-state index in [1.165, 1.54) is 6.42 Å². The topological polar surface area (TPSA) is 35.2 Å². The highest BCUT2D eigenvalue weighted by molar-refractivity contribution is 9.10. The lowest BCUT2D eigenvalue weighted by Crippen LogP contribution is -2.31. The third-order valence-corrected chi connectivity index (χ3v) is 3.82. The van der Waals surface area contributed by atoms with Crippen molar-refractivity contribution in [2.45, 2.75) is 38.0 Å². The van der Waals surface area contributed by atoms with Gasteiger partial charge in [0.15, 0.2) is 0 Å². The molecule has 1 aliphatic rings. The Hall–Kier alpha value is -0.0900. The van der Waals surface area contributed by atoms with E-state index in [4.69, 9.17) is 22.1 Å². The van der Waals surface area contributed by atoms with Crippen LogP contribution in [0.1, 0.15) is 24.8 Å². The molecular formula is C12H15BrClNO. The first-order valence-corrected chi connectivity index (χ1v) is 6.65. The Morgan fingerprint density at radius 3 is 2.88 bits per heavy atom. The predicted octanol–water partition coefficient (Wildman–Crippen LogP) is 3.50. The Morgan fingerprint density at radius 2 is 2.25 bits per heavy atom. The molecule has 2 unspecified atom stereocenters. The van der Waals surface area contributed by atoms with Crippen LogP contribution in [0, 0.1) is 0 Å². The van der Waals surface area contributed by atoms with E-state index in [2.05, 4.69) is 15.9 Å². The summed E-state index contributed by atoms with van der Waals surface area (Å²) < 4.78 is 6.78. The van der Waals surface area contributed by atoms with Gasteiger partial charge in [0, 0.05) is 15.5 Å². The summed E-state index contributed by atoms with van der Waals surface area (Å²) in [6.07, 6.45) is 3.49. The number of halogens is 2. The third-order valence-electron chi connectivity index (χ3n) is 2.97. The Balaban J connectivity index is 1.94. The van der Waals surface area contributed by atoms with Crippen LogP contribution in [0.15, 0.2) is 22.7 Å². The van der Waals surface area contributed by atoms with Crippen LogP contribution >= 0.6 is 27.5 Å². The number of rotatable bonds is 3. The molecule has 0 heterocycles. The first-order chi connectivity index (χ1) is 7.66. The molecule has 1 saturated carbocycles. The van der Waals surface area contributed by atoms with Crippen molar-refractivity contribution in [3.8, 4) is 0 Å². The fraction of sp³-hybridized carbons (Fsp3) is 0.500. The molecule has 0 spiro atoms. The summed E-state index contributed by atoms with van der Waals surface area (Å²) in [6.45, 7) is 0.546. The molecule has 4 heteroatoms. The minimum atomic E-state index is 0.189. The van der Waals surface area contributed by atoms with Gasteiger partial charge >= 0.3 is 0 Å². The van der Waals surface area contributed by atoms with Gasteiger partial charge in [-0.3, -0.25) is 0 Å². The minimum Gasteiger partial charge on any atom is -0.372 e. The van der Waals surface area contributed by atoms with Crippen molar-refractivity contribution in [1.29, 1.82) is 0 Å². The molecule has 0 radical (unpaired) electrons. The molecule has 1 aromatic rings. The zero-order chi connectivity index (χ0) is 11.5. The molecule has 0 saturated heterocycles. The Morgan fingerprint density at radius 1 is 1.44 bits per heavy atom. The second-order valence-corrected chi connectivity index (χ2v) is 5.50. The van der Waals surface area contributed by atoms with E-state index in [0.717, 1.165) is 27.9 Å². The number of benzene rings is 1. The lowest BCUT2D eigenvalue weighted by molar-refractivity contribution is 0.0358. The quantitative estimate of drug-likeness (QED) is 0.927. The maximum Gasteiger partial charge on any atom is 0.0735 e. The van der Waals surface area contributed by atoms with Gasteiger partial charge in [-0.25, -0.2) is 0 Å². The van der Waals surface area contributed by atoms with Gasteiger partial charge in [0.25, 0.3) is 0 Å². The van der Waals surface area contributed by atoms with Crippen LogP contribution in [-0.4, -0.2) is 12.1 Å². The van der Waals surface area contributed by atoms with E-state index >= 15 is 0 Å². The van der Waals surface area contributed by atoms with Crippen LogP contribution in [-0.2, 0) is 11.3 Å². The average Bonchev–Trinajstić information content (AvgIpc) is 2.63. The number of hydrogen-bond donors (Lipinski definition) is 1. The summed E-state index contributed by atoms with van der Waals surface area (Å²) in [4.78, 5) is 0. The van der Waals surface area contributed by atoms with E-state index in [9.17, 15) is 0 Å². The van der Waals surface area contributed by atoms with Crippen LogP contribution in [0.25, 0.3) is 0 Å². The summed E-state index contributed by atoms with van der Waals surface area (Å²) in [5.74, 6) is 0. The SMILES string of the molecule is NC1CCCC1OCc1ccc(Br)cc1Cl. The normalized spacial score (nSPS) is 24.9. The smallest absolute Gasteiger partial charge is 0.0735 e. The van der Waals surface area contributed by atoms with Gasteiger partial charge in [0.2, 0.25) is 0 Å². The summed E-state index contributed by atoms with van der Waals surface area (Å²) >= 11 is 9.49. The molecule has 0 aromatic heterocycles. The molecule has 1 aromatic carbocycles. The van der Waals surface area contributed by atoms with Crippen molar-refractivity contribution in [3.05, 3.63) is 33.3 Å². The maximum absolute atomic E-state index is 6.11. The maximum atomic E-state index is 6.11. The summed E-state index contributed by atoms with van der Waals surface area (Å²) in [6, 6.07) is 6.02. The largest absolute Gasteiger partial charge is 0.372 e. The third kappa shape index (κ3) is 2.98. The highest BCUT2D eigenvalue weighted by Crippen LogP contribution is 2.25. The van der Waals surface area contributed by atoms with Gasteiger partial charge < -0.3 is 10.5 Å². The van der Waals surface area contributed by atoms with Gasteiger partial charge in [0.1, 0.15) is 0 Å². The van der Waals surface area contributed by atoms with Crippen molar-refractivity contribution in [2.24, 2.45) is 5.73 Å². The van der Waals surface area contributed by atoms with E-state index in [0.29, 0.717) is 6.61 Å². The molecular weight excluding hydrogens is 289 g/mol. The van der Waals surface area contributed by atoms with Gasteiger partial charge in [-0.2, -0.15) is 0 Å². The van der Waals surface area contributed by atoms with Crippen molar-refractivity contribution in [2.75, 3.05) is 0 Å². The predicted molar refractivity (Wildman–Crippen MR) is 69.6 cm³/mol. The van der Waals surface area contributed by atoms with Crippen LogP contribution in [0.3, 0.4) is 0 Å². The monoisotopic (exact) mass is 303 g/mol. The van der Waals surface area contributed by atoms with Crippen molar-refractivity contribution >= 4 is 27.5 Å². The number of hydrogen-bond acceptors (Lipinski definition) is 2. The lowest BCUT2D eigenvalue weighted by Gasteiger charge is -2.16. The first-order valence-electron chi connectivity index (χ1n) is 5.48. The van der Waals surface area contributed by atoms with Gasteiger partial charge in [-0.05, 0) is 37.0 Å². The molecule has 16 heavy (non-hydrogen) atoms. The Bertz CT molecular complexity index is 372. The molecule has 0 amide bonds. The van der Waals surface area contributed by atoms with Crippen LogP contribution in [0.5, 0.6) is 0 Å². The summed E-state index contributed by atoms with van der Waals surface area (Å²) in [7, 11) is 0. The second-order valence-electron chi connectivity index (χ2n) is 4.18. The van der Waals surface area contributed by atoms with E-state index < -0.39 is 0 Å². The highest BCUT2D eigenvalue weighted by atomic mass is 79.9. The van der Waals surface area contributed by atoms with Gasteiger partial charge in [-0.15, -0.1) is 0 Å². The molecule has 1 fully saturated rings. The van der Waals surface area contributed by atoms with Gasteiger partial charge in [-0.1, -0.05) is 33.6 Å². The van der Waals surface area contributed by atoms with Gasteiger partial charge in [0.05, 0.1) is 12.7 Å². The zero-order valence-corrected chi connectivity index (χ0v) is 11.3.